The van der Waals surface area contributed by atoms with Gasteiger partial charge in [-0.05, 0) is 67.4 Å². The Balaban J connectivity index is 1.48. The van der Waals surface area contributed by atoms with Crippen molar-refractivity contribution in [3.05, 3.63) is 78.4 Å². The minimum Gasteiger partial charge on any atom is -0.495 e. The molecule has 0 heterocycles. The molecule has 0 spiro atoms. The molecule has 0 radical (unpaired) electrons. The normalized spacial score (nSPS) is 10.4. The van der Waals surface area contributed by atoms with Gasteiger partial charge in [0.1, 0.15) is 5.75 Å². The van der Waals surface area contributed by atoms with E-state index < -0.39 is 0 Å². The summed E-state index contributed by atoms with van der Waals surface area (Å²) >= 11 is 3.02. The van der Waals surface area contributed by atoms with Crippen LogP contribution in [0.4, 0.5) is 11.4 Å². The van der Waals surface area contributed by atoms with Gasteiger partial charge in [0.05, 0.1) is 18.6 Å². The molecule has 0 aliphatic heterocycles. The molecular formula is C22H22N2O2S2. The molecule has 0 fully saturated rings. The van der Waals surface area contributed by atoms with Crippen LogP contribution in [0.5, 0.6) is 5.75 Å². The number of thioether (sulfide) groups is 1. The van der Waals surface area contributed by atoms with Gasteiger partial charge in [-0.2, -0.15) is 0 Å². The zero-order chi connectivity index (χ0) is 19.8. The van der Waals surface area contributed by atoms with Gasteiger partial charge in [-0.25, -0.2) is 0 Å². The lowest BCUT2D eigenvalue weighted by molar-refractivity contribution is -0.113. The molecule has 0 saturated carbocycles. The molecule has 3 rings (SSSR count). The Labute approximate surface area is 174 Å². The molecule has 144 valence electrons. The van der Waals surface area contributed by atoms with Crippen molar-refractivity contribution in [1.82, 2.24) is 0 Å². The Bertz CT molecular complexity index is 913. The number of benzene rings is 3. The van der Waals surface area contributed by atoms with Crippen LogP contribution in [0.25, 0.3) is 0 Å². The second-order valence-electron chi connectivity index (χ2n) is 6.08. The van der Waals surface area contributed by atoms with Gasteiger partial charge in [0.15, 0.2) is 0 Å². The third kappa shape index (κ3) is 5.97. The summed E-state index contributed by atoms with van der Waals surface area (Å²) in [6.07, 6.45) is 0. The number of methoxy groups -OCH3 is 1. The summed E-state index contributed by atoms with van der Waals surface area (Å²) in [6, 6.07) is 23.7. The van der Waals surface area contributed by atoms with E-state index in [1.807, 2.05) is 60.7 Å². The van der Waals surface area contributed by atoms with Gasteiger partial charge in [-0.3, -0.25) is 4.79 Å². The van der Waals surface area contributed by atoms with E-state index in [4.69, 9.17) is 4.74 Å². The van der Waals surface area contributed by atoms with Gasteiger partial charge in [0, 0.05) is 15.5 Å². The summed E-state index contributed by atoms with van der Waals surface area (Å²) in [5.41, 5.74) is 2.92. The standard InChI is InChI=1S/C22H22N2O2S2/c1-16-7-11-18(12-8-16)27-15-22(25)23-17-9-13-19(14-10-17)28-24-20-5-3-4-6-21(20)26-2/h3-14,24H,15H2,1-2H3,(H,23,25). The molecular weight excluding hydrogens is 388 g/mol. The second kappa shape index (κ2) is 10.1. The molecule has 0 unspecified atom stereocenters. The SMILES string of the molecule is COc1ccccc1NSc1ccc(NC(=O)CSc2ccc(C)cc2)cc1. The predicted octanol–water partition coefficient (Wildman–Crippen LogP) is 5.85. The van der Waals surface area contributed by atoms with Gasteiger partial charge >= 0.3 is 0 Å². The second-order valence-corrected chi connectivity index (χ2v) is 8.01. The van der Waals surface area contributed by atoms with Crippen molar-refractivity contribution >= 4 is 41.0 Å². The Morgan fingerprint density at radius 1 is 0.929 bits per heavy atom. The number of para-hydroxylation sites is 2. The average Bonchev–Trinajstić information content (AvgIpc) is 2.73. The van der Waals surface area contributed by atoms with Crippen molar-refractivity contribution in [1.29, 1.82) is 0 Å². The Kier molecular flexibility index (Phi) is 7.28. The number of ether oxygens (including phenoxy) is 1. The third-order valence-electron chi connectivity index (χ3n) is 3.91. The van der Waals surface area contributed by atoms with Crippen LogP contribution in [0.2, 0.25) is 0 Å². The van der Waals surface area contributed by atoms with Crippen LogP contribution in [-0.2, 0) is 4.79 Å². The number of hydrogen-bond donors (Lipinski definition) is 2. The molecule has 3 aromatic carbocycles. The maximum absolute atomic E-state index is 12.2. The summed E-state index contributed by atoms with van der Waals surface area (Å²) < 4.78 is 8.62. The summed E-state index contributed by atoms with van der Waals surface area (Å²) in [5, 5.41) is 2.93. The predicted molar refractivity (Wildman–Crippen MR) is 119 cm³/mol. The van der Waals surface area contributed by atoms with E-state index in [1.165, 1.54) is 29.3 Å². The molecule has 0 aromatic heterocycles. The van der Waals surface area contributed by atoms with Crippen molar-refractivity contribution in [2.24, 2.45) is 0 Å². The fourth-order valence-electron chi connectivity index (χ4n) is 2.43. The third-order valence-corrected chi connectivity index (χ3v) is 5.76. The first-order chi connectivity index (χ1) is 13.6. The zero-order valence-electron chi connectivity index (χ0n) is 15.8. The number of aryl methyl sites for hydroxylation is 1. The maximum Gasteiger partial charge on any atom is 0.234 e. The van der Waals surface area contributed by atoms with Crippen LogP contribution in [0.15, 0.2) is 82.6 Å². The minimum absolute atomic E-state index is 0.0156. The Morgan fingerprint density at radius 3 is 2.32 bits per heavy atom. The zero-order valence-corrected chi connectivity index (χ0v) is 17.4. The number of carbonyl (C=O) groups excluding carboxylic acids is 1. The lowest BCUT2D eigenvalue weighted by Gasteiger charge is -2.10. The highest BCUT2D eigenvalue weighted by molar-refractivity contribution is 8.00. The Hall–Kier alpha value is -2.57. The molecule has 6 heteroatoms. The number of hydrogen-bond acceptors (Lipinski definition) is 5. The van der Waals surface area contributed by atoms with Crippen molar-refractivity contribution in [3.63, 3.8) is 0 Å². The first-order valence-electron chi connectivity index (χ1n) is 8.79. The van der Waals surface area contributed by atoms with E-state index in [-0.39, 0.29) is 5.91 Å². The highest BCUT2D eigenvalue weighted by Gasteiger charge is 2.05. The molecule has 0 bridgehead atoms. The molecule has 4 nitrogen and oxygen atoms in total. The molecule has 0 atom stereocenters. The largest absolute Gasteiger partial charge is 0.495 e. The summed E-state index contributed by atoms with van der Waals surface area (Å²) in [7, 11) is 1.65. The van der Waals surface area contributed by atoms with Gasteiger partial charge in [-0.15, -0.1) is 11.8 Å². The maximum atomic E-state index is 12.2. The average molecular weight is 411 g/mol. The van der Waals surface area contributed by atoms with E-state index in [2.05, 4.69) is 29.1 Å². The van der Waals surface area contributed by atoms with Gasteiger partial charge in [0.2, 0.25) is 5.91 Å². The van der Waals surface area contributed by atoms with Crippen LogP contribution in [0.3, 0.4) is 0 Å². The molecule has 28 heavy (non-hydrogen) atoms. The molecule has 3 aromatic rings. The molecule has 0 aliphatic carbocycles. The monoisotopic (exact) mass is 410 g/mol. The highest BCUT2D eigenvalue weighted by Crippen LogP contribution is 2.29. The number of anilines is 2. The van der Waals surface area contributed by atoms with E-state index in [0.29, 0.717) is 5.75 Å². The smallest absolute Gasteiger partial charge is 0.234 e. The van der Waals surface area contributed by atoms with Crippen molar-refractivity contribution in [3.8, 4) is 5.75 Å². The number of carbonyl (C=O) groups is 1. The number of nitrogens with one attached hydrogen (secondary N) is 2. The van der Waals surface area contributed by atoms with Gasteiger partial charge < -0.3 is 14.8 Å². The van der Waals surface area contributed by atoms with E-state index >= 15 is 0 Å². The molecule has 1 amide bonds. The summed E-state index contributed by atoms with van der Waals surface area (Å²) in [6.45, 7) is 2.05. The van der Waals surface area contributed by atoms with E-state index in [9.17, 15) is 4.79 Å². The van der Waals surface area contributed by atoms with Crippen LogP contribution in [-0.4, -0.2) is 18.8 Å². The van der Waals surface area contributed by atoms with Crippen LogP contribution < -0.4 is 14.8 Å². The van der Waals surface area contributed by atoms with Crippen molar-refractivity contribution < 1.29 is 9.53 Å². The molecule has 0 saturated heterocycles. The van der Waals surface area contributed by atoms with E-state index in [0.717, 1.165) is 26.9 Å². The first kappa shape index (κ1) is 20.2. The van der Waals surface area contributed by atoms with E-state index in [1.54, 1.807) is 7.11 Å². The first-order valence-corrected chi connectivity index (χ1v) is 10.6. The minimum atomic E-state index is -0.0156. The van der Waals surface area contributed by atoms with Crippen LogP contribution in [0.1, 0.15) is 5.56 Å². The van der Waals surface area contributed by atoms with Crippen molar-refractivity contribution in [2.75, 3.05) is 22.9 Å². The fraction of sp³-hybridized carbons (Fsp3) is 0.136. The summed E-state index contributed by atoms with van der Waals surface area (Å²) in [5.74, 6) is 1.16. The van der Waals surface area contributed by atoms with Crippen LogP contribution in [0, 0.1) is 6.92 Å². The fourth-order valence-corrected chi connectivity index (χ4v) is 3.80. The molecule has 2 N–H and O–H groups in total. The number of rotatable bonds is 8. The topological polar surface area (TPSA) is 50.4 Å². The van der Waals surface area contributed by atoms with Crippen LogP contribution >= 0.6 is 23.7 Å². The highest BCUT2D eigenvalue weighted by atomic mass is 32.2. The molecule has 0 aliphatic rings. The van der Waals surface area contributed by atoms with Gasteiger partial charge in [-0.1, -0.05) is 29.8 Å². The lowest BCUT2D eigenvalue weighted by Crippen LogP contribution is -2.13. The Morgan fingerprint density at radius 2 is 1.61 bits per heavy atom. The van der Waals surface area contributed by atoms with Gasteiger partial charge in [0.25, 0.3) is 0 Å². The number of amides is 1. The quantitative estimate of drug-likeness (QED) is 0.360. The lowest BCUT2D eigenvalue weighted by atomic mass is 10.2. The van der Waals surface area contributed by atoms with Crippen molar-refractivity contribution in [2.45, 2.75) is 16.7 Å². The summed E-state index contributed by atoms with van der Waals surface area (Å²) in [4.78, 5) is 14.3.